The molecule has 0 aromatic heterocycles. The van der Waals surface area contributed by atoms with E-state index in [0.717, 1.165) is 39.0 Å². The van der Waals surface area contributed by atoms with Crippen LogP contribution in [0.4, 0.5) is 4.79 Å². The van der Waals surface area contributed by atoms with Gasteiger partial charge in [0.15, 0.2) is 0 Å². The van der Waals surface area contributed by atoms with Gasteiger partial charge in [0.1, 0.15) is 0 Å². The summed E-state index contributed by atoms with van der Waals surface area (Å²) in [7, 11) is 0. The molecule has 2 aliphatic heterocycles. The molecule has 2 fully saturated rings. The van der Waals surface area contributed by atoms with E-state index < -0.39 is 0 Å². The molecule has 0 aromatic carbocycles. The number of nitrogens with zero attached hydrogens (tertiary/aromatic N) is 2. The zero-order chi connectivity index (χ0) is 12.3. The van der Waals surface area contributed by atoms with Gasteiger partial charge in [0.05, 0.1) is 12.2 Å². The van der Waals surface area contributed by atoms with Crippen molar-refractivity contribution in [3.63, 3.8) is 0 Å². The Morgan fingerprint density at radius 1 is 0.941 bits per heavy atom. The molecule has 4 heteroatoms. The summed E-state index contributed by atoms with van der Waals surface area (Å²) in [6.45, 7) is 7.41. The molecule has 0 N–H and O–H groups in total. The number of rotatable bonds is 0. The van der Waals surface area contributed by atoms with Crippen LogP contribution in [0.15, 0.2) is 0 Å². The van der Waals surface area contributed by atoms with Crippen LogP contribution in [0.3, 0.4) is 0 Å². The summed E-state index contributed by atoms with van der Waals surface area (Å²) in [6.07, 6.45) is 5.16. The summed E-state index contributed by atoms with van der Waals surface area (Å²) < 4.78 is 5.67. The number of carbonyl (C=O) groups excluding carboxylic acids is 1. The van der Waals surface area contributed by atoms with Crippen molar-refractivity contribution in [3.05, 3.63) is 0 Å². The molecule has 0 aliphatic carbocycles. The molecular formula is C13H24N2O2. The van der Waals surface area contributed by atoms with Crippen LogP contribution in [0, 0.1) is 0 Å². The maximum absolute atomic E-state index is 12.4. The highest BCUT2D eigenvalue weighted by Gasteiger charge is 2.29. The molecule has 0 radical (unpaired) electrons. The predicted octanol–water partition coefficient (Wildman–Crippen LogP) is 2.09. The second-order valence-corrected chi connectivity index (χ2v) is 5.35. The van der Waals surface area contributed by atoms with Crippen LogP contribution in [-0.2, 0) is 4.74 Å². The normalized spacial score (nSPS) is 31.2. The van der Waals surface area contributed by atoms with E-state index in [1.807, 2.05) is 23.6 Å². The number of hydrogen-bond acceptors (Lipinski definition) is 2. The third kappa shape index (κ3) is 3.35. The Kier molecular flexibility index (Phi) is 4.26. The second kappa shape index (κ2) is 5.71. The van der Waals surface area contributed by atoms with Gasteiger partial charge in [-0.15, -0.1) is 0 Å². The van der Waals surface area contributed by atoms with E-state index in [4.69, 9.17) is 4.74 Å². The first kappa shape index (κ1) is 12.7. The smallest absolute Gasteiger partial charge is 0.320 e. The van der Waals surface area contributed by atoms with E-state index in [0.29, 0.717) is 0 Å². The van der Waals surface area contributed by atoms with E-state index >= 15 is 0 Å². The molecule has 2 saturated heterocycles. The zero-order valence-electron chi connectivity index (χ0n) is 11.0. The van der Waals surface area contributed by atoms with Crippen LogP contribution in [0.2, 0.25) is 0 Å². The first-order valence-electron chi connectivity index (χ1n) is 6.86. The van der Waals surface area contributed by atoms with Gasteiger partial charge in [-0.3, -0.25) is 0 Å². The predicted molar refractivity (Wildman–Crippen MR) is 67.0 cm³/mol. The van der Waals surface area contributed by atoms with Crippen LogP contribution in [0.1, 0.15) is 39.5 Å². The Morgan fingerprint density at radius 2 is 1.47 bits per heavy atom. The third-order valence-electron chi connectivity index (χ3n) is 3.57. The third-order valence-corrected chi connectivity index (χ3v) is 3.57. The standard InChI is InChI=1S/C13H24N2O2/c1-11-9-15(10-12(2)17-11)13(16)14-7-5-3-4-6-8-14/h11-12H,3-10H2,1-2H3. The highest BCUT2D eigenvalue weighted by Crippen LogP contribution is 2.16. The Hall–Kier alpha value is -0.770. The van der Waals surface area contributed by atoms with Crippen molar-refractivity contribution in [2.24, 2.45) is 0 Å². The lowest BCUT2D eigenvalue weighted by atomic mass is 10.2. The van der Waals surface area contributed by atoms with Gasteiger partial charge in [-0.2, -0.15) is 0 Å². The minimum Gasteiger partial charge on any atom is -0.372 e. The summed E-state index contributed by atoms with van der Waals surface area (Å²) in [5.41, 5.74) is 0. The molecule has 17 heavy (non-hydrogen) atoms. The van der Waals surface area contributed by atoms with Crippen LogP contribution < -0.4 is 0 Å². The fourth-order valence-electron chi connectivity index (χ4n) is 2.80. The Labute approximate surface area is 104 Å². The van der Waals surface area contributed by atoms with Gasteiger partial charge in [-0.05, 0) is 26.7 Å². The minimum atomic E-state index is 0.162. The fraction of sp³-hybridized carbons (Fsp3) is 0.923. The summed E-state index contributed by atoms with van der Waals surface area (Å²) in [5.74, 6) is 0. The molecule has 2 rings (SSSR count). The van der Waals surface area contributed by atoms with E-state index in [1.165, 1.54) is 12.8 Å². The summed E-state index contributed by atoms with van der Waals surface area (Å²) in [5, 5.41) is 0. The van der Waals surface area contributed by atoms with Gasteiger partial charge in [0, 0.05) is 26.2 Å². The number of urea groups is 1. The van der Waals surface area contributed by atoms with E-state index in [9.17, 15) is 4.79 Å². The fourth-order valence-corrected chi connectivity index (χ4v) is 2.80. The van der Waals surface area contributed by atoms with E-state index in [-0.39, 0.29) is 18.2 Å². The van der Waals surface area contributed by atoms with Crippen molar-refractivity contribution >= 4 is 6.03 Å². The quantitative estimate of drug-likeness (QED) is 0.649. The van der Waals surface area contributed by atoms with Gasteiger partial charge in [-0.1, -0.05) is 12.8 Å². The minimum absolute atomic E-state index is 0.162. The number of morpholine rings is 1. The number of ether oxygens (including phenoxy) is 1. The van der Waals surface area contributed by atoms with Gasteiger partial charge < -0.3 is 14.5 Å². The maximum Gasteiger partial charge on any atom is 0.320 e. The molecule has 0 bridgehead atoms. The highest BCUT2D eigenvalue weighted by atomic mass is 16.5. The van der Waals surface area contributed by atoms with Gasteiger partial charge in [0.2, 0.25) is 0 Å². The zero-order valence-corrected chi connectivity index (χ0v) is 11.0. The van der Waals surface area contributed by atoms with E-state index in [2.05, 4.69) is 0 Å². The molecule has 98 valence electrons. The van der Waals surface area contributed by atoms with Crippen molar-refractivity contribution in [2.75, 3.05) is 26.2 Å². The SMILES string of the molecule is CC1CN(C(=O)N2CCCCCC2)CC(C)O1. The van der Waals surface area contributed by atoms with Crippen LogP contribution in [0.25, 0.3) is 0 Å². The number of hydrogen-bond donors (Lipinski definition) is 0. The molecule has 4 nitrogen and oxygen atoms in total. The van der Waals surface area contributed by atoms with Crippen molar-refractivity contribution < 1.29 is 9.53 Å². The van der Waals surface area contributed by atoms with Gasteiger partial charge in [0.25, 0.3) is 0 Å². The number of amides is 2. The van der Waals surface area contributed by atoms with E-state index in [1.54, 1.807) is 0 Å². The first-order valence-corrected chi connectivity index (χ1v) is 6.86. The topological polar surface area (TPSA) is 32.8 Å². The molecule has 2 unspecified atom stereocenters. The summed E-state index contributed by atoms with van der Waals surface area (Å²) in [4.78, 5) is 16.4. The van der Waals surface area contributed by atoms with Gasteiger partial charge >= 0.3 is 6.03 Å². The Balaban J connectivity index is 1.93. The molecule has 2 heterocycles. The monoisotopic (exact) mass is 240 g/mol. The second-order valence-electron chi connectivity index (χ2n) is 5.35. The lowest BCUT2D eigenvalue weighted by molar-refractivity contribution is -0.0581. The molecule has 2 aliphatic rings. The largest absolute Gasteiger partial charge is 0.372 e. The molecule has 2 amide bonds. The van der Waals surface area contributed by atoms with Crippen molar-refractivity contribution in [2.45, 2.75) is 51.7 Å². The first-order chi connectivity index (χ1) is 8.16. The average molecular weight is 240 g/mol. The molecular weight excluding hydrogens is 216 g/mol. The molecule has 0 saturated carbocycles. The molecule has 0 spiro atoms. The van der Waals surface area contributed by atoms with Crippen LogP contribution >= 0.6 is 0 Å². The molecule has 2 atom stereocenters. The van der Waals surface area contributed by atoms with Crippen molar-refractivity contribution in [1.29, 1.82) is 0 Å². The number of carbonyl (C=O) groups is 1. The van der Waals surface area contributed by atoms with Crippen molar-refractivity contribution in [1.82, 2.24) is 9.80 Å². The van der Waals surface area contributed by atoms with Crippen LogP contribution in [-0.4, -0.2) is 54.2 Å². The van der Waals surface area contributed by atoms with Crippen molar-refractivity contribution in [3.8, 4) is 0 Å². The lowest BCUT2D eigenvalue weighted by Gasteiger charge is -2.38. The Morgan fingerprint density at radius 3 is 2.00 bits per heavy atom. The maximum atomic E-state index is 12.4. The lowest BCUT2D eigenvalue weighted by Crippen LogP contribution is -2.53. The molecule has 0 aromatic rings. The highest BCUT2D eigenvalue weighted by molar-refractivity contribution is 5.74. The average Bonchev–Trinajstić information content (AvgIpc) is 2.55. The summed E-state index contributed by atoms with van der Waals surface area (Å²) >= 11 is 0. The van der Waals surface area contributed by atoms with Crippen LogP contribution in [0.5, 0.6) is 0 Å². The summed E-state index contributed by atoms with van der Waals surface area (Å²) in [6, 6.07) is 0.217. The Bertz CT molecular complexity index is 252. The van der Waals surface area contributed by atoms with Gasteiger partial charge in [-0.25, -0.2) is 4.79 Å². The number of likely N-dealkylation sites (tertiary alicyclic amines) is 1.